The zero-order valence-electron chi connectivity index (χ0n) is 14.5. The highest BCUT2D eigenvalue weighted by molar-refractivity contribution is 7.59. The molecule has 4 rings (SSSR count). The number of rotatable bonds is 4. The van der Waals surface area contributed by atoms with E-state index in [9.17, 15) is 9.59 Å². The van der Waals surface area contributed by atoms with E-state index in [0.29, 0.717) is 16.1 Å². The van der Waals surface area contributed by atoms with Crippen LogP contribution in [0.5, 0.6) is 0 Å². The Morgan fingerprint density at radius 2 is 2.07 bits per heavy atom. The lowest BCUT2D eigenvalue weighted by atomic mass is 10.1. The second-order valence-corrected chi connectivity index (χ2v) is 6.36. The van der Waals surface area contributed by atoms with Gasteiger partial charge in [-0.2, -0.15) is 23.7 Å². The van der Waals surface area contributed by atoms with Crippen molar-refractivity contribution < 1.29 is 9.90 Å². The van der Waals surface area contributed by atoms with Crippen LogP contribution in [0.4, 0.5) is 0 Å². The zero-order chi connectivity index (χ0) is 19.1. The fourth-order valence-electron chi connectivity index (χ4n) is 2.82. The van der Waals surface area contributed by atoms with Crippen LogP contribution in [0.1, 0.15) is 28.9 Å². The molecule has 0 unspecified atom stereocenters. The minimum Gasteiger partial charge on any atom is -0.478 e. The van der Waals surface area contributed by atoms with Gasteiger partial charge in [0.15, 0.2) is 5.52 Å². The van der Waals surface area contributed by atoms with Gasteiger partial charge in [-0.25, -0.2) is 14.5 Å². The molecule has 0 bridgehead atoms. The monoisotopic (exact) mass is 418 g/mol. The maximum absolute atomic E-state index is 12.7. The number of H-pyrrole nitrogens is 1. The van der Waals surface area contributed by atoms with Crippen molar-refractivity contribution in [2.45, 2.75) is 13.0 Å². The van der Waals surface area contributed by atoms with Crippen LogP contribution in [0, 0.1) is 0 Å². The van der Waals surface area contributed by atoms with Crippen LogP contribution in [-0.2, 0) is 0 Å². The standard InChI is InChI=1S/C17H13ClN6O3.H2S/c1-9(10-3-2-4-12(18)5-10)24-14-13(7-20-24)21-17(22-15(14)25)23-8-11(6-19-23)16(26)27;/h2-9H,1H3,(H,26,27)(H,21,22,25);1H2/t9-;/m0./s1. The van der Waals surface area contributed by atoms with Crippen molar-refractivity contribution in [2.24, 2.45) is 0 Å². The largest absolute Gasteiger partial charge is 0.478 e. The Balaban J connectivity index is 0.00000225. The van der Waals surface area contributed by atoms with E-state index in [0.717, 1.165) is 5.56 Å². The summed E-state index contributed by atoms with van der Waals surface area (Å²) in [4.78, 5) is 30.6. The Hall–Kier alpha value is -3.11. The fraction of sp³-hybridized carbons (Fsp3) is 0.118. The molecular formula is C17H15ClN6O3S. The van der Waals surface area contributed by atoms with Crippen molar-refractivity contribution in [1.82, 2.24) is 29.5 Å². The fourth-order valence-corrected chi connectivity index (χ4v) is 3.02. The maximum Gasteiger partial charge on any atom is 0.338 e. The summed E-state index contributed by atoms with van der Waals surface area (Å²) in [6, 6.07) is 7.08. The first kappa shape index (κ1) is 19.6. The molecule has 0 saturated heterocycles. The second-order valence-electron chi connectivity index (χ2n) is 5.92. The number of carboxylic acids is 1. The number of hydrogen-bond acceptors (Lipinski definition) is 5. The molecule has 0 spiro atoms. The van der Waals surface area contributed by atoms with E-state index < -0.39 is 11.5 Å². The van der Waals surface area contributed by atoms with Crippen molar-refractivity contribution in [3.63, 3.8) is 0 Å². The Kier molecular flexibility index (Phi) is 5.25. The van der Waals surface area contributed by atoms with E-state index in [2.05, 4.69) is 20.2 Å². The van der Waals surface area contributed by atoms with Gasteiger partial charge >= 0.3 is 5.97 Å². The Morgan fingerprint density at radius 3 is 2.75 bits per heavy atom. The number of aromatic carboxylic acids is 1. The van der Waals surface area contributed by atoms with Crippen LogP contribution in [0.25, 0.3) is 17.0 Å². The molecule has 0 aliphatic carbocycles. The molecule has 144 valence electrons. The Labute approximate surface area is 170 Å². The van der Waals surface area contributed by atoms with Crippen LogP contribution in [0.15, 0.2) is 47.7 Å². The van der Waals surface area contributed by atoms with E-state index >= 15 is 0 Å². The molecule has 0 amide bonds. The van der Waals surface area contributed by atoms with Gasteiger partial charge in [0.05, 0.1) is 24.0 Å². The van der Waals surface area contributed by atoms with E-state index in [1.54, 1.807) is 10.7 Å². The molecule has 1 atom stereocenters. The summed E-state index contributed by atoms with van der Waals surface area (Å²) in [5, 5.41) is 17.8. The van der Waals surface area contributed by atoms with Gasteiger partial charge in [-0.15, -0.1) is 0 Å². The number of aromatic amines is 1. The van der Waals surface area contributed by atoms with E-state index in [1.807, 2.05) is 25.1 Å². The first-order chi connectivity index (χ1) is 12.9. The molecule has 11 heteroatoms. The Morgan fingerprint density at radius 1 is 1.29 bits per heavy atom. The summed E-state index contributed by atoms with van der Waals surface area (Å²) in [5.74, 6) is -1.01. The van der Waals surface area contributed by atoms with Crippen LogP contribution in [-0.4, -0.2) is 40.6 Å². The van der Waals surface area contributed by atoms with E-state index in [4.69, 9.17) is 16.7 Å². The highest BCUT2D eigenvalue weighted by atomic mass is 35.5. The predicted molar refractivity (Wildman–Crippen MR) is 108 cm³/mol. The van der Waals surface area contributed by atoms with Crippen LogP contribution in [0.3, 0.4) is 0 Å². The van der Waals surface area contributed by atoms with Crippen molar-refractivity contribution in [3.8, 4) is 5.95 Å². The van der Waals surface area contributed by atoms with Crippen LogP contribution < -0.4 is 5.56 Å². The molecule has 0 aliphatic heterocycles. The average Bonchev–Trinajstić information content (AvgIpc) is 3.28. The number of carboxylic acid groups (broad SMARTS) is 1. The normalized spacial score (nSPS) is 11.9. The van der Waals surface area contributed by atoms with Gasteiger partial charge in [-0.05, 0) is 24.6 Å². The number of hydrogen-bond donors (Lipinski definition) is 2. The van der Waals surface area contributed by atoms with Gasteiger partial charge in [-0.1, -0.05) is 23.7 Å². The SMILES string of the molecule is C[C@@H](c1cccc(Cl)c1)n1ncc2nc(-n3cc(C(=O)O)cn3)[nH]c(=O)c21.S. The minimum absolute atomic E-state index is 0. The third-order valence-electron chi connectivity index (χ3n) is 4.19. The summed E-state index contributed by atoms with van der Waals surface area (Å²) in [6.07, 6.45) is 3.93. The number of fused-ring (bicyclic) bond motifs is 1. The lowest BCUT2D eigenvalue weighted by Crippen LogP contribution is -2.18. The summed E-state index contributed by atoms with van der Waals surface area (Å²) in [7, 11) is 0. The van der Waals surface area contributed by atoms with Crippen LogP contribution in [0.2, 0.25) is 5.02 Å². The number of halogens is 1. The molecule has 0 fully saturated rings. The van der Waals surface area contributed by atoms with Crippen molar-refractivity contribution in [3.05, 3.63) is 69.4 Å². The van der Waals surface area contributed by atoms with Crippen molar-refractivity contribution >= 4 is 42.1 Å². The quantitative estimate of drug-likeness (QED) is 0.525. The highest BCUT2D eigenvalue weighted by Crippen LogP contribution is 2.23. The van der Waals surface area contributed by atoms with Gasteiger partial charge in [0.1, 0.15) is 5.52 Å². The van der Waals surface area contributed by atoms with Gasteiger partial charge in [-0.3, -0.25) is 14.5 Å². The van der Waals surface area contributed by atoms with E-state index in [1.165, 1.54) is 23.3 Å². The zero-order valence-corrected chi connectivity index (χ0v) is 16.3. The molecule has 28 heavy (non-hydrogen) atoms. The number of nitrogens with one attached hydrogen (secondary N) is 1. The average molecular weight is 419 g/mol. The third kappa shape index (κ3) is 3.39. The van der Waals surface area contributed by atoms with Gasteiger partial charge < -0.3 is 5.11 Å². The minimum atomic E-state index is -1.12. The number of nitrogens with zero attached hydrogens (tertiary/aromatic N) is 5. The molecule has 4 aromatic rings. The summed E-state index contributed by atoms with van der Waals surface area (Å²) in [5.41, 5.74) is 1.15. The summed E-state index contributed by atoms with van der Waals surface area (Å²) >= 11 is 6.05. The molecule has 0 aliphatic rings. The van der Waals surface area contributed by atoms with Crippen molar-refractivity contribution in [2.75, 3.05) is 0 Å². The molecule has 9 nitrogen and oxygen atoms in total. The molecule has 3 heterocycles. The second kappa shape index (κ2) is 7.49. The first-order valence-electron chi connectivity index (χ1n) is 7.95. The predicted octanol–water partition coefficient (Wildman–Crippen LogP) is 2.38. The summed E-state index contributed by atoms with van der Waals surface area (Å²) in [6.45, 7) is 1.90. The molecule has 3 aromatic heterocycles. The third-order valence-corrected chi connectivity index (χ3v) is 4.42. The number of benzene rings is 1. The summed E-state index contributed by atoms with van der Waals surface area (Å²) < 4.78 is 2.77. The van der Waals surface area contributed by atoms with Gasteiger partial charge in [0.25, 0.3) is 5.56 Å². The smallest absolute Gasteiger partial charge is 0.338 e. The highest BCUT2D eigenvalue weighted by Gasteiger charge is 2.18. The van der Waals surface area contributed by atoms with Crippen molar-refractivity contribution in [1.29, 1.82) is 0 Å². The molecule has 1 aromatic carbocycles. The first-order valence-corrected chi connectivity index (χ1v) is 8.33. The number of carbonyl (C=O) groups is 1. The molecule has 0 saturated carbocycles. The lowest BCUT2D eigenvalue weighted by Gasteiger charge is -2.13. The van der Waals surface area contributed by atoms with Crippen LogP contribution >= 0.6 is 25.1 Å². The van der Waals surface area contributed by atoms with Gasteiger partial charge in [0.2, 0.25) is 5.95 Å². The Bertz CT molecular complexity index is 1230. The van der Waals surface area contributed by atoms with Gasteiger partial charge in [0, 0.05) is 11.2 Å². The lowest BCUT2D eigenvalue weighted by molar-refractivity contribution is 0.0697. The number of aromatic nitrogens is 6. The maximum atomic E-state index is 12.7. The molecule has 0 radical (unpaired) electrons. The van der Waals surface area contributed by atoms with E-state index in [-0.39, 0.29) is 31.0 Å². The molecule has 2 N–H and O–H groups in total. The topological polar surface area (TPSA) is 119 Å². The molecular weight excluding hydrogens is 404 g/mol.